The number of hydrogen-bond acceptors (Lipinski definition) is 5. The average molecular weight is 398 g/mol. The Labute approximate surface area is 173 Å². The van der Waals surface area contributed by atoms with E-state index in [0.29, 0.717) is 0 Å². The molecule has 2 N–H and O–H groups in total. The van der Waals surface area contributed by atoms with Crippen molar-refractivity contribution in [2.24, 2.45) is 0 Å². The van der Waals surface area contributed by atoms with Gasteiger partial charge >= 0.3 is 0 Å². The number of nitrogens with zero attached hydrogens (tertiary/aromatic N) is 1. The molecule has 2 aromatic carbocycles. The second-order valence-corrected chi connectivity index (χ2v) is 7.49. The second kappa shape index (κ2) is 9.76. The summed E-state index contributed by atoms with van der Waals surface area (Å²) < 4.78 is 10.9. The Bertz CT molecular complexity index is 817. The predicted octanol–water partition coefficient (Wildman–Crippen LogP) is 3.52. The van der Waals surface area contributed by atoms with Crippen LogP contribution in [0.1, 0.15) is 31.0 Å². The van der Waals surface area contributed by atoms with Gasteiger partial charge < -0.3 is 19.7 Å². The second-order valence-electron chi connectivity index (χ2n) is 7.49. The van der Waals surface area contributed by atoms with Crippen molar-refractivity contribution < 1.29 is 14.3 Å². The molecule has 0 radical (unpaired) electrons. The van der Waals surface area contributed by atoms with Crippen LogP contribution in [0.5, 0.6) is 5.75 Å². The quantitative estimate of drug-likeness (QED) is 0.749. The largest absolute Gasteiger partial charge is 0.496 e. The fourth-order valence-corrected chi connectivity index (χ4v) is 3.56. The van der Waals surface area contributed by atoms with Crippen LogP contribution in [0.25, 0.3) is 0 Å². The molecule has 0 spiro atoms. The SMILES string of the molecule is COc1ccc(C)cc1C(C)NC(C)C(=O)Nc1ccc(N2CCOCC2)cc1. The average Bonchev–Trinajstić information content (AvgIpc) is 2.74. The molecule has 1 heterocycles. The van der Waals surface area contributed by atoms with Crippen LogP contribution in [0.2, 0.25) is 0 Å². The number of ether oxygens (including phenoxy) is 2. The van der Waals surface area contributed by atoms with E-state index in [1.807, 2.05) is 57.2 Å². The molecule has 1 saturated heterocycles. The summed E-state index contributed by atoms with van der Waals surface area (Å²) in [5.41, 5.74) is 4.15. The third-order valence-corrected chi connectivity index (χ3v) is 5.26. The third-order valence-electron chi connectivity index (χ3n) is 5.26. The molecule has 2 aromatic rings. The summed E-state index contributed by atoms with van der Waals surface area (Å²) >= 11 is 0. The Morgan fingerprint density at radius 2 is 1.79 bits per heavy atom. The Kier molecular flexibility index (Phi) is 7.12. The highest BCUT2D eigenvalue weighted by Crippen LogP contribution is 2.26. The fraction of sp³-hybridized carbons (Fsp3) is 0.435. The van der Waals surface area contributed by atoms with E-state index in [9.17, 15) is 4.79 Å². The van der Waals surface area contributed by atoms with Gasteiger partial charge in [-0.25, -0.2) is 0 Å². The van der Waals surface area contributed by atoms with Crippen molar-refractivity contribution in [2.45, 2.75) is 32.9 Å². The van der Waals surface area contributed by atoms with Crippen LogP contribution in [-0.4, -0.2) is 45.4 Å². The first-order chi connectivity index (χ1) is 14.0. The van der Waals surface area contributed by atoms with Gasteiger partial charge in [-0.1, -0.05) is 17.7 Å². The van der Waals surface area contributed by atoms with Gasteiger partial charge in [-0.2, -0.15) is 0 Å². The molecule has 1 amide bonds. The standard InChI is InChI=1S/C23H31N3O3/c1-16-5-10-22(28-4)21(15-16)17(2)24-18(3)23(27)25-19-6-8-20(9-7-19)26-11-13-29-14-12-26/h5-10,15,17-18,24H,11-14H2,1-4H3,(H,25,27). The molecule has 3 rings (SSSR count). The molecule has 0 aromatic heterocycles. The number of aryl methyl sites for hydroxylation is 1. The van der Waals surface area contributed by atoms with Crippen molar-refractivity contribution in [1.82, 2.24) is 5.32 Å². The van der Waals surface area contributed by atoms with E-state index in [4.69, 9.17) is 9.47 Å². The van der Waals surface area contributed by atoms with Crippen molar-refractivity contribution in [3.8, 4) is 5.75 Å². The van der Waals surface area contributed by atoms with Gasteiger partial charge in [-0.3, -0.25) is 10.1 Å². The zero-order chi connectivity index (χ0) is 20.8. The van der Waals surface area contributed by atoms with Gasteiger partial charge in [-0.05, 0) is 51.1 Å². The Morgan fingerprint density at radius 1 is 1.10 bits per heavy atom. The molecule has 2 unspecified atom stereocenters. The summed E-state index contributed by atoms with van der Waals surface area (Å²) in [7, 11) is 1.66. The van der Waals surface area contributed by atoms with Crippen molar-refractivity contribution in [3.05, 3.63) is 53.6 Å². The molecule has 156 valence electrons. The molecule has 6 nitrogen and oxygen atoms in total. The van der Waals surface area contributed by atoms with Gasteiger partial charge in [0, 0.05) is 36.1 Å². The minimum absolute atomic E-state index is 0.0192. The van der Waals surface area contributed by atoms with Crippen LogP contribution < -0.4 is 20.3 Å². The van der Waals surface area contributed by atoms with Gasteiger partial charge in [0.15, 0.2) is 0 Å². The number of amides is 1. The van der Waals surface area contributed by atoms with Crippen molar-refractivity contribution >= 4 is 17.3 Å². The summed E-state index contributed by atoms with van der Waals surface area (Å²) in [5, 5.41) is 6.36. The van der Waals surface area contributed by atoms with Gasteiger partial charge in [0.2, 0.25) is 5.91 Å². The molecule has 29 heavy (non-hydrogen) atoms. The summed E-state index contributed by atoms with van der Waals surface area (Å²) in [6.07, 6.45) is 0. The number of morpholine rings is 1. The highest BCUT2D eigenvalue weighted by Gasteiger charge is 2.19. The monoisotopic (exact) mass is 397 g/mol. The number of anilines is 2. The minimum Gasteiger partial charge on any atom is -0.496 e. The first-order valence-electron chi connectivity index (χ1n) is 10.1. The molecular formula is C23H31N3O3. The van der Waals surface area contributed by atoms with Crippen LogP contribution >= 0.6 is 0 Å². The zero-order valence-corrected chi connectivity index (χ0v) is 17.7. The Morgan fingerprint density at radius 3 is 2.45 bits per heavy atom. The van der Waals surface area contributed by atoms with E-state index in [0.717, 1.165) is 54.6 Å². The lowest BCUT2D eigenvalue weighted by Gasteiger charge is -2.29. The van der Waals surface area contributed by atoms with E-state index >= 15 is 0 Å². The zero-order valence-electron chi connectivity index (χ0n) is 17.7. The highest BCUT2D eigenvalue weighted by molar-refractivity contribution is 5.94. The summed E-state index contributed by atoms with van der Waals surface area (Å²) in [5.74, 6) is 0.754. The van der Waals surface area contributed by atoms with Crippen molar-refractivity contribution in [1.29, 1.82) is 0 Å². The molecule has 1 fully saturated rings. The smallest absolute Gasteiger partial charge is 0.241 e. The maximum Gasteiger partial charge on any atom is 0.241 e. The van der Waals surface area contributed by atoms with E-state index in [2.05, 4.69) is 21.6 Å². The van der Waals surface area contributed by atoms with Crippen molar-refractivity contribution in [2.75, 3.05) is 43.6 Å². The number of carbonyl (C=O) groups excluding carboxylic acids is 1. The maximum absolute atomic E-state index is 12.7. The van der Waals surface area contributed by atoms with Crippen LogP contribution in [0.4, 0.5) is 11.4 Å². The molecule has 6 heteroatoms. The number of carbonyl (C=O) groups is 1. The first-order valence-corrected chi connectivity index (χ1v) is 10.1. The number of nitrogens with one attached hydrogen (secondary N) is 2. The first kappa shape index (κ1) is 21.1. The number of benzene rings is 2. The lowest BCUT2D eigenvalue weighted by molar-refractivity contribution is -0.117. The lowest BCUT2D eigenvalue weighted by Crippen LogP contribution is -2.39. The Hall–Kier alpha value is -2.57. The van der Waals surface area contributed by atoms with E-state index in [1.165, 1.54) is 0 Å². The topological polar surface area (TPSA) is 62.8 Å². The van der Waals surface area contributed by atoms with Crippen molar-refractivity contribution in [3.63, 3.8) is 0 Å². The summed E-state index contributed by atoms with van der Waals surface area (Å²) in [4.78, 5) is 14.9. The van der Waals surface area contributed by atoms with Crippen LogP contribution in [0, 0.1) is 6.92 Å². The van der Waals surface area contributed by atoms with Crippen LogP contribution in [0.3, 0.4) is 0 Å². The molecule has 1 aliphatic rings. The maximum atomic E-state index is 12.7. The normalized spacial score (nSPS) is 16.2. The molecule has 0 saturated carbocycles. The van der Waals surface area contributed by atoms with Crippen LogP contribution in [-0.2, 0) is 9.53 Å². The molecule has 0 bridgehead atoms. The van der Waals surface area contributed by atoms with Gasteiger partial charge in [0.05, 0.1) is 26.4 Å². The molecule has 2 atom stereocenters. The molecular weight excluding hydrogens is 366 g/mol. The van der Waals surface area contributed by atoms with Gasteiger partial charge in [0.25, 0.3) is 0 Å². The summed E-state index contributed by atoms with van der Waals surface area (Å²) in [6, 6.07) is 13.7. The number of methoxy groups -OCH3 is 1. The molecule has 0 aliphatic carbocycles. The number of hydrogen-bond donors (Lipinski definition) is 2. The minimum atomic E-state index is -0.353. The van der Waals surface area contributed by atoms with Gasteiger partial charge in [-0.15, -0.1) is 0 Å². The summed E-state index contributed by atoms with van der Waals surface area (Å²) in [6.45, 7) is 9.26. The van der Waals surface area contributed by atoms with Crippen LogP contribution in [0.15, 0.2) is 42.5 Å². The van der Waals surface area contributed by atoms with E-state index in [1.54, 1.807) is 7.11 Å². The fourth-order valence-electron chi connectivity index (χ4n) is 3.56. The van der Waals surface area contributed by atoms with E-state index in [-0.39, 0.29) is 18.0 Å². The molecule has 1 aliphatic heterocycles. The van der Waals surface area contributed by atoms with Gasteiger partial charge in [0.1, 0.15) is 5.75 Å². The highest BCUT2D eigenvalue weighted by atomic mass is 16.5. The van der Waals surface area contributed by atoms with E-state index < -0.39 is 0 Å². The number of rotatable bonds is 7. The lowest BCUT2D eigenvalue weighted by atomic mass is 10.0. The third kappa shape index (κ3) is 5.49. The predicted molar refractivity (Wildman–Crippen MR) is 117 cm³/mol. The Balaban J connectivity index is 1.58.